The monoisotopic (exact) mass is 411 g/mol. The van der Waals surface area contributed by atoms with Gasteiger partial charge in [-0.1, -0.05) is 19.1 Å². The van der Waals surface area contributed by atoms with Gasteiger partial charge in [-0.3, -0.25) is 4.79 Å². The topological polar surface area (TPSA) is 79.4 Å². The Kier molecular flexibility index (Phi) is 6.01. The Morgan fingerprint density at radius 1 is 1.35 bits per heavy atom. The Labute approximate surface area is 162 Å². The normalized spacial score (nSPS) is 18.2. The zero-order valence-corrected chi connectivity index (χ0v) is 17.1. The van der Waals surface area contributed by atoms with Gasteiger partial charge in [-0.25, -0.2) is 13.4 Å². The van der Waals surface area contributed by atoms with Crippen molar-refractivity contribution in [1.82, 2.24) is 14.6 Å². The van der Waals surface area contributed by atoms with Crippen molar-refractivity contribution in [2.75, 3.05) is 11.6 Å². The van der Waals surface area contributed by atoms with Gasteiger partial charge in [-0.15, -0.1) is 23.1 Å². The highest BCUT2D eigenvalue weighted by atomic mass is 32.2. The molecule has 1 aliphatic rings. The summed E-state index contributed by atoms with van der Waals surface area (Å²) in [5.74, 6) is 0.453. The lowest BCUT2D eigenvalue weighted by atomic mass is 10.2. The molecule has 9 heteroatoms. The fourth-order valence-electron chi connectivity index (χ4n) is 2.69. The van der Waals surface area contributed by atoms with Crippen LogP contribution in [0, 0.1) is 6.92 Å². The highest BCUT2D eigenvalue weighted by molar-refractivity contribution is 8.00. The molecule has 3 rings (SSSR count). The second-order valence-corrected chi connectivity index (χ2v) is 9.93. The average molecular weight is 412 g/mol. The number of benzene rings is 1. The highest BCUT2D eigenvalue weighted by Crippen LogP contribution is 2.28. The number of amides is 1. The zero-order chi connectivity index (χ0) is 18.7. The van der Waals surface area contributed by atoms with Crippen molar-refractivity contribution >= 4 is 39.0 Å². The van der Waals surface area contributed by atoms with Crippen LogP contribution in [0.5, 0.6) is 0 Å². The SMILES string of the molecule is CCc1ccc(S(=O)(=O)N2CSC[C@@H]2C(=O)NCc2csc(C)n2)cc1. The van der Waals surface area contributed by atoms with Gasteiger partial charge in [0.05, 0.1) is 28.0 Å². The molecule has 0 aliphatic carbocycles. The first-order valence-electron chi connectivity index (χ1n) is 8.29. The molecule has 1 aromatic carbocycles. The van der Waals surface area contributed by atoms with E-state index in [1.54, 1.807) is 12.1 Å². The van der Waals surface area contributed by atoms with Crippen molar-refractivity contribution in [3.8, 4) is 0 Å². The molecule has 0 saturated carbocycles. The van der Waals surface area contributed by atoms with Gasteiger partial charge in [0, 0.05) is 11.1 Å². The van der Waals surface area contributed by atoms with E-state index in [4.69, 9.17) is 0 Å². The number of nitrogens with one attached hydrogen (secondary N) is 1. The molecular formula is C17H21N3O3S3. The lowest BCUT2D eigenvalue weighted by molar-refractivity contribution is -0.124. The molecule has 1 fully saturated rings. The fraction of sp³-hybridized carbons (Fsp3) is 0.412. The molecule has 1 saturated heterocycles. The van der Waals surface area contributed by atoms with E-state index in [2.05, 4.69) is 10.3 Å². The number of carbonyl (C=O) groups is 1. The Balaban J connectivity index is 1.72. The van der Waals surface area contributed by atoms with Crippen LogP contribution in [0.2, 0.25) is 0 Å². The summed E-state index contributed by atoms with van der Waals surface area (Å²) in [5, 5.41) is 5.64. The van der Waals surface area contributed by atoms with Crippen molar-refractivity contribution in [3.05, 3.63) is 45.9 Å². The van der Waals surface area contributed by atoms with Gasteiger partial charge < -0.3 is 5.32 Å². The minimum atomic E-state index is -3.70. The number of carbonyl (C=O) groups excluding carboxylic acids is 1. The van der Waals surface area contributed by atoms with Crippen molar-refractivity contribution in [1.29, 1.82) is 0 Å². The predicted molar refractivity (Wildman–Crippen MR) is 105 cm³/mol. The first-order valence-corrected chi connectivity index (χ1v) is 11.8. The molecule has 1 N–H and O–H groups in total. The summed E-state index contributed by atoms with van der Waals surface area (Å²) in [6, 6.07) is 6.16. The Morgan fingerprint density at radius 2 is 2.08 bits per heavy atom. The molecule has 2 heterocycles. The molecule has 1 amide bonds. The second kappa shape index (κ2) is 8.08. The van der Waals surface area contributed by atoms with Crippen molar-refractivity contribution in [2.24, 2.45) is 0 Å². The summed E-state index contributed by atoms with van der Waals surface area (Å²) in [6.07, 6.45) is 0.848. The van der Waals surface area contributed by atoms with E-state index >= 15 is 0 Å². The van der Waals surface area contributed by atoms with E-state index in [-0.39, 0.29) is 16.7 Å². The molecule has 2 aromatic rings. The third kappa shape index (κ3) is 4.11. The molecule has 0 radical (unpaired) electrons. The van der Waals surface area contributed by atoms with Crippen molar-refractivity contribution < 1.29 is 13.2 Å². The number of thiazole rings is 1. The standard InChI is InChI=1S/C17H21N3O3S3/c1-3-13-4-6-15(7-5-13)26(22,23)20-11-24-10-16(20)17(21)18-8-14-9-25-12(2)19-14/h4-7,9,16H,3,8,10-11H2,1-2H3,(H,18,21)/t16-/m1/s1. The summed E-state index contributed by atoms with van der Waals surface area (Å²) in [5.41, 5.74) is 1.86. The third-order valence-electron chi connectivity index (χ3n) is 4.19. The molecular weight excluding hydrogens is 390 g/mol. The average Bonchev–Trinajstić information content (AvgIpc) is 3.29. The zero-order valence-electron chi connectivity index (χ0n) is 14.6. The van der Waals surface area contributed by atoms with Crippen LogP contribution in [-0.2, 0) is 27.8 Å². The fourth-order valence-corrected chi connectivity index (χ4v) is 6.45. The molecule has 1 atom stereocenters. The lowest BCUT2D eigenvalue weighted by Gasteiger charge is -2.22. The number of aromatic nitrogens is 1. The molecule has 6 nitrogen and oxygen atoms in total. The molecule has 0 unspecified atom stereocenters. The number of hydrogen-bond donors (Lipinski definition) is 1. The minimum absolute atomic E-state index is 0.227. The van der Waals surface area contributed by atoms with Crippen LogP contribution in [0.4, 0.5) is 0 Å². The van der Waals surface area contributed by atoms with Gasteiger partial charge in [0.2, 0.25) is 15.9 Å². The first kappa shape index (κ1) is 19.3. The van der Waals surface area contributed by atoms with Crippen LogP contribution < -0.4 is 5.32 Å². The van der Waals surface area contributed by atoms with E-state index < -0.39 is 16.1 Å². The van der Waals surface area contributed by atoms with E-state index in [1.165, 1.54) is 27.4 Å². The van der Waals surface area contributed by atoms with Crippen LogP contribution in [0.1, 0.15) is 23.2 Å². The smallest absolute Gasteiger partial charge is 0.244 e. The molecule has 26 heavy (non-hydrogen) atoms. The third-order valence-corrected chi connectivity index (χ3v) is 8.06. The first-order chi connectivity index (χ1) is 12.4. The number of hydrogen-bond acceptors (Lipinski definition) is 6. The van der Waals surface area contributed by atoms with Crippen LogP contribution >= 0.6 is 23.1 Å². The maximum absolute atomic E-state index is 12.9. The number of nitrogens with zero attached hydrogens (tertiary/aromatic N) is 2. The number of thioether (sulfide) groups is 1. The Hall–Kier alpha value is -1.42. The lowest BCUT2D eigenvalue weighted by Crippen LogP contribution is -2.46. The van der Waals surface area contributed by atoms with E-state index in [9.17, 15) is 13.2 Å². The van der Waals surface area contributed by atoms with Gasteiger partial charge in [0.1, 0.15) is 6.04 Å². The predicted octanol–water partition coefficient (Wildman–Crippen LogP) is 2.39. The maximum Gasteiger partial charge on any atom is 0.244 e. The van der Waals surface area contributed by atoms with Gasteiger partial charge in [-0.05, 0) is 31.0 Å². The van der Waals surface area contributed by atoms with Gasteiger partial charge >= 0.3 is 0 Å². The Bertz CT molecular complexity index is 878. The molecule has 140 valence electrons. The van der Waals surface area contributed by atoms with Crippen LogP contribution in [0.25, 0.3) is 0 Å². The van der Waals surface area contributed by atoms with Crippen LogP contribution in [0.3, 0.4) is 0 Å². The van der Waals surface area contributed by atoms with Gasteiger partial charge in [0.25, 0.3) is 0 Å². The number of aryl methyl sites for hydroxylation is 2. The van der Waals surface area contributed by atoms with Gasteiger partial charge in [-0.2, -0.15) is 4.31 Å². The highest BCUT2D eigenvalue weighted by Gasteiger charge is 2.39. The van der Waals surface area contributed by atoms with Crippen LogP contribution in [-0.4, -0.2) is 41.3 Å². The molecule has 0 spiro atoms. The van der Waals surface area contributed by atoms with Crippen molar-refractivity contribution in [2.45, 2.75) is 37.8 Å². The largest absolute Gasteiger partial charge is 0.349 e. The van der Waals surface area contributed by atoms with Crippen LogP contribution in [0.15, 0.2) is 34.5 Å². The summed E-state index contributed by atoms with van der Waals surface area (Å²) < 4.78 is 27.2. The molecule has 1 aliphatic heterocycles. The van der Waals surface area contributed by atoms with E-state index in [0.29, 0.717) is 12.3 Å². The molecule has 1 aromatic heterocycles. The quantitative estimate of drug-likeness (QED) is 0.790. The van der Waals surface area contributed by atoms with Crippen molar-refractivity contribution in [3.63, 3.8) is 0 Å². The second-order valence-electron chi connectivity index (χ2n) is 5.98. The molecule has 0 bridgehead atoms. The van der Waals surface area contributed by atoms with E-state index in [1.807, 2.05) is 31.4 Å². The Morgan fingerprint density at radius 3 is 2.69 bits per heavy atom. The minimum Gasteiger partial charge on any atom is -0.349 e. The van der Waals surface area contributed by atoms with E-state index in [0.717, 1.165) is 22.7 Å². The number of sulfonamides is 1. The summed E-state index contributed by atoms with van der Waals surface area (Å²) in [7, 11) is -3.70. The summed E-state index contributed by atoms with van der Waals surface area (Å²) >= 11 is 2.97. The number of rotatable bonds is 6. The summed E-state index contributed by atoms with van der Waals surface area (Å²) in [4.78, 5) is 17.1. The summed E-state index contributed by atoms with van der Waals surface area (Å²) in [6.45, 7) is 4.23. The maximum atomic E-state index is 12.9. The van der Waals surface area contributed by atoms with Gasteiger partial charge in [0.15, 0.2) is 0 Å².